The van der Waals surface area contributed by atoms with Gasteiger partial charge < -0.3 is 15.2 Å². The van der Waals surface area contributed by atoms with E-state index in [0.717, 1.165) is 53.9 Å². The largest absolute Gasteiger partial charge is 0.401 e. The molecule has 1 fully saturated rings. The van der Waals surface area contributed by atoms with Gasteiger partial charge in [-0.25, -0.2) is 0 Å². The van der Waals surface area contributed by atoms with Gasteiger partial charge in [-0.3, -0.25) is 14.3 Å². The molecule has 1 aromatic carbocycles. The SMILES string of the molecule is C[C@@H]1Cc2c([nH]c3ccccc23)[C@](C)(c2ccc(N[C@H]3CCN(CCCF)C3)cn2)N1CC(F)(F)F. The number of para-hydroxylation sites is 1. The fourth-order valence-electron chi connectivity index (χ4n) is 6.04. The van der Waals surface area contributed by atoms with Crippen LogP contribution in [0.15, 0.2) is 42.6 Å². The smallest absolute Gasteiger partial charge is 0.380 e. The molecule has 1 saturated heterocycles. The molecule has 3 atom stereocenters. The molecule has 0 spiro atoms. The maximum atomic E-state index is 13.7. The van der Waals surface area contributed by atoms with Crippen LogP contribution in [0.4, 0.5) is 23.2 Å². The summed E-state index contributed by atoms with van der Waals surface area (Å²) in [5.74, 6) is 0. The number of rotatable bonds is 7. The fourth-order valence-corrected chi connectivity index (χ4v) is 6.04. The first-order chi connectivity index (χ1) is 17.2. The summed E-state index contributed by atoms with van der Waals surface area (Å²) in [7, 11) is 0. The van der Waals surface area contributed by atoms with Gasteiger partial charge in [0.25, 0.3) is 0 Å². The molecule has 0 unspecified atom stereocenters. The number of alkyl halides is 4. The molecule has 4 heterocycles. The van der Waals surface area contributed by atoms with E-state index in [1.807, 2.05) is 50.2 Å². The number of benzene rings is 1. The Hall–Kier alpha value is -2.65. The van der Waals surface area contributed by atoms with Crippen molar-refractivity contribution in [3.05, 3.63) is 59.5 Å². The minimum absolute atomic E-state index is 0.240. The van der Waals surface area contributed by atoms with Crippen LogP contribution in [0.1, 0.15) is 43.6 Å². The van der Waals surface area contributed by atoms with Gasteiger partial charge in [0.15, 0.2) is 0 Å². The second-order valence-electron chi connectivity index (χ2n) is 10.3. The van der Waals surface area contributed by atoms with E-state index >= 15 is 0 Å². The predicted molar refractivity (Wildman–Crippen MR) is 134 cm³/mol. The Bertz CT molecular complexity index is 1190. The normalized spacial score (nSPS) is 25.4. The highest BCUT2D eigenvalue weighted by Crippen LogP contribution is 2.45. The van der Waals surface area contributed by atoms with Crippen molar-refractivity contribution in [1.82, 2.24) is 19.8 Å². The highest BCUT2D eigenvalue weighted by Gasteiger charge is 2.49. The molecule has 194 valence electrons. The molecule has 0 bridgehead atoms. The predicted octanol–water partition coefficient (Wildman–Crippen LogP) is 5.48. The van der Waals surface area contributed by atoms with E-state index in [-0.39, 0.29) is 18.8 Å². The molecule has 2 aliphatic heterocycles. The van der Waals surface area contributed by atoms with E-state index in [1.165, 1.54) is 4.90 Å². The van der Waals surface area contributed by atoms with Gasteiger partial charge in [-0.05, 0) is 56.9 Å². The number of fused-ring (bicyclic) bond motifs is 3. The first-order valence-electron chi connectivity index (χ1n) is 12.6. The number of likely N-dealkylation sites (tertiary alicyclic amines) is 1. The van der Waals surface area contributed by atoms with E-state index in [9.17, 15) is 17.6 Å². The van der Waals surface area contributed by atoms with Crippen LogP contribution in [0.5, 0.6) is 0 Å². The molecule has 0 saturated carbocycles. The van der Waals surface area contributed by atoms with Crippen molar-refractivity contribution in [3.63, 3.8) is 0 Å². The molecule has 5 nitrogen and oxygen atoms in total. The topological polar surface area (TPSA) is 47.2 Å². The number of aromatic nitrogens is 2. The molecule has 0 radical (unpaired) electrons. The van der Waals surface area contributed by atoms with E-state index < -0.39 is 18.3 Å². The first-order valence-corrected chi connectivity index (χ1v) is 12.6. The first kappa shape index (κ1) is 25.0. The summed E-state index contributed by atoms with van der Waals surface area (Å²) in [6, 6.07) is 11.5. The molecular weight excluding hydrogens is 470 g/mol. The van der Waals surface area contributed by atoms with Gasteiger partial charge in [0.05, 0.1) is 30.8 Å². The summed E-state index contributed by atoms with van der Waals surface area (Å²) in [5, 5.41) is 4.54. The second-order valence-corrected chi connectivity index (χ2v) is 10.3. The molecule has 2 N–H and O–H groups in total. The molecule has 0 aliphatic carbocycles. The number of H-pyrrole nitrogens is 1. The monoisotopic (exact) mass is 503 g/mol. The number of aromatic amines is 1. The number of hydrogen-bond acceptors (Lipinski definition) is 4. The van der Waals surface area contributed by atoms with Crippen molar-refractivity contribution in [2.24, 2.45) is 0 Å². The highest BCUT2D eigenvalue weighted by atomic mass is 19.4. The Morgan fingerprint density at radius 3 is 2.72 bits per heavy atom. The quantitative estimate of drug-likeness (QED) is 0.419. The summed E-state index contributed by atoms with van der Waals surface area (Å²) < 4.78 is 53.7. The van der Waals surface area contributed by atoms with Gasteiger partial charge in [-0.2, -0.15) is 13.2 Å². The maximum Gasteiger partial charge on any atom is 0.401 e. The molecule has 9 heteroatoms. The Morgan fingerprint density at radius 2 is 2.00 bits per heavy atom. The van der Waals surface area contributed by atoms with E-state index in [0.29, 0.717) is 18.5 Å². The Labute approximate surface area is 208 Å². The minimum atomic E-state index is -4.34. The van der Waals surface area contributed by atoms with Crippen LogP contribution in [-0.2, 0) is 12.0 Å². The lowest BCUT2D eigenvalue weighted by Crippen LogP contribution is -2.57. The Kier molecular flexibility index (Phi) is 6.72. The van der Waals surface area contributed by atoms with E-state index in [1.54, 1.807) is 6.20 Å². The van der Waals surface area contributed by atoms with Crippen molar-refractivity contribution in [2.45, 2.75) is 56.9 Å². The van der Waals surface area contributed by atoms with Crippen LogP contribution in [0.2, 0.25) is 0 Å². The molecule has 5 rings (SSSR count). The van der Waals surface area contributed by atoms with Crippen molar-refractivity contribution >= 4 is 16.6 Å². The summed E-state index contributed by atoms with van der Waals surface area (Å²) in [4.78, 5) is 11.9. The fraction of sp³-hybridized carbons (Fsp3) is 0.519. The third-order valence-corrected chi connectivity index (χ3v) is 7.77. The molecular formula is C27H33F4N5. The average molecular weight is 504 g/mol. The molecule has 3 aromatic rings. The number of nitrogens with one attached hydrogen (secondary N) is 2. The van der Waals surface area contributed by atoms with Gasteiger partial charge in [0.2, 0.25) is 0 Å². The summed E-state index contributed by atoms with van der Waals surface area (Å²) in [6.45, 7) is 4.91. The van der Waals surface area contributed by atoms with Crippen molar-refractivity contribution in [1.29, 1.82) is 0 Å². The maximum absolute atomic E-state index is 13.7. The van der Waals surface area contributed by atoms with E-state index in [2.05, 4.69) is 15.2 Å². The van der Waals surface area contributed by atoms with Crippen LogP contribution in [0.25, 0.3) is 10.9 Å². The molecule has 36 heavy (non-hydrogen) atoms. The van der Waals surface area contributed by atoms with Crippen molar-refractivity contribution in [2.75, 3.05) is 38.2 Å². The number of pyridine rings is 1. The number of anilines is 1. The number of halogens is 4. The third-order valence-electron chi connectivity index (χ3n) is 7.77. The lowest BCUT2D eigenvalue weighted by Gasteiger charge is -2.48. The lowest BCUT2D eigenvalue weighted by molar-refractivity contribution is -0.164. The minimum Gasteiger partial charge on any atom is -0.380 e. The van der Waals surface area contributed by atoms with Crippen LogP contribution >= 0.6 is 0 Å². The summed E-state index contributed by atoms with van der Waals surface area (Å²) in [5.41, 5.74) is 3.10. The van der Waals surface area contributed by atoms with Crippen molar-refractivity contribution in [3.8, 4) is 0 Å². The van der Waals surface area contributed by atoms with Gasteiger partial charge in [0, 0.05) is 48.3 Å². The van der Waals surface area contributed by atoms with Crippen LogP contribution in [0, 0.1) is 0 Å². The van der Waals surface area contributed by atoms with E-state index in [4.69, 9.17) is 4.98 Å². The van der Waals surface area contributed by atoms with Crippen LogP contribution in [0.3, 0.4) is 0 Å². The Balaban J connectivity index is 1.46. The molecule has 2 aromatic heterocycles. The second kappa shape index (κ2) is 9.67. The van der Waals surface area contributed by atoms with Crippen LogP contribution in [-0.4, -0.2) is 70.9 Å². The Morgan fingerprint density at radius 1 is 1.19 bits per heavy atom. The molecule has 2 aliphatic rings. The van der Waals surface area contributed by atoms with Gasteiger partial charge >= 0.3 is 6.18 Å². The zero-order valence-electron chi connectivity index (χ0n) is 20.7. The number of hydrogen-bond donors (Lipinski definition) is 2. The zero-order chi connectivity index (χ0) is 25.5. The lowest BCUT2D eigenvalue weighted by atomic mass is 9.80. The highest BCUT2D eigenvalue weighted by molar-refractivity contribution is 5.85. The number of nitrogens with zero attached hydrogens (tertiary/aromatic N) is 3. The summed E-state index contributed by atoms with van der Waals surface area (Å²) in [6.07, 6.45) is -0.578. The van der Waals surface area contributed by atoms with Gasteiger partial charge in [-0.1, -0.05) is 18.2 Å². The molecule has 0 amide bonds. The standard InChI is InChI=1S/C27H33F4N5/c1-18-14-22-21-6-3-4-7-23(21)34-25(22)26(2,36(18)17-27(29,30)31)24-9-8-19(15-32-24)33-20-10-13-35(16-20)12-5-11-28/h3-4,6-9,15,18,20,33-34H,5,10-14,16-17H2,1-2H3/t18-,20+,26+/m1/s1. The van der Waals surface area contributed by atoms with Crippen LogP contribution < -0.4 is 5.32 Å². The average Bonchev–Trinajstić information content (AvgIpc) is 3.45. The van der Waals surface area contributed by atoms with Gasteiger partial charge in [-0.15, -0.1) is 0 Å². The zero-order valence-corrected chi connectivity index (χ0v) is 20.7. The summed E-state index contributed by atoms with van der Waals surface area (Å²) >= 11 is 0. The van der Waals surface area contributed by atoms with Crippen molar-refractivity contribution < 1.29 is 17.6 Å². The third kappa shape index (κ3) is 4.70. The van der Waals surface area contributed by atoms with Gasteiger partial charge in [0.1, 0.15) is 5.54 Å².